The highest BCUT2D eigenvalue weighted by Gasteiger charge is 2.11. The molecule has 0 aliphatic heterocycles. The minimum absolute atomic E-state index is 0.601. The first-order valence-electron chi connectivity index (χ1n) is 5.43. The van der Waals surface area contributed by atoms with Gasteiger partial charge in [-0.2, -0.15) is 0 Å². The Hall–Kier alpha value is -1.09. The molecule has 16 heavy (non-hydrogen) atoms. The van der Waals surface area contributed by atoms with Crippen LogP contribution >= 0.6 is 15.9 Å². The van der Waals surface area contributed by atoms with Gasteiger partial charge in [-0.15, -0.1) is 0 Å². The van der Waals surface area contributed by atoms with Crippen LogP contribution in [0.3, 0.4) is 0 Å². The molecule has 84 valence electrons. The van der Waals surface area contributed by atoms with Crippen LogP contribution in [-0.4, -0.2) is 12.8 Å². The highest BCUT2D eigenvalue weighted by atomic mass is 79.9. The molecular weight excluding hydrogens is 266 g/mol. The largest absolute Gasteiger partial charge is 0.391 e. The predicted octanol–water partition coefficient (Wildman–Crippen LogP) is 3.87. The number of hydrogen-bond acceptors (Lipinski definition) is 2. The van der Waals surface area contributed by atoms with E-state index in [1.165, 1.54) is 16.5 Å². The number of halogens is 1. The second-order valence-corrected chi connectivity index (χ2v) is 4.74. The number of nitrogens with zero attached hydrogens (tertiary/aromatic N) is 1. The maximum atomic E-state index is 5.27. The molecule has 0 amide bonds. The van der Waals surface area contributed by atoms with Crippen LogP contribution < -0.4 is 0 Å². The van der Waals surface area contributed by atoms with Gasteiger partial charge in [0.1, 0.15) is 6.61 Å². The Morgan fingerprint density at radius 2 is 2.06 bits per heavy atom. The highest BCUT2D eigenvalue weighted by Crippen LogP contribution is 2.30. The van der Waals surface area contributed by atoms with E-state index in [4.69, 9.17) is 4.84 Å². The third-order valence-corrected chi connectivity index (χ3v) is 3.53. The van der Waals surface area contributed by atoms with Crippen LogP contribution in [0.4, 0.5) is 0 Å². The lowest BCUT2D eigenvalue weighted by atomic mass is 10.2. The first-order valence-corrected chi connectivity index (χ1v) is 6.22. The summed E-state index contributed by atoms with van der Waals surface area (Å²) in [6.45, 7) is 0.601. The molecule has 1 aliphatic carbocycles. The Bertz CT molecular complexity index is 398. The number of oxime groups is 1. The molecular formula is C13H14BrNO. The van der Waals surface area contributed by atoms with Crippen molar-refractivity contribution < 1.29 is 4.84 Å². The van der Waals surface area contributed by atoms with E-state index in [0.717, 1.165) is 18.4 Å². The fourth-order valence-electron chi connectivity index (χ4n) is 1.67. The van der Waals surface area contributed by atoms with Gasteiger partial charge < -0.3 is 4.84 Å². The van der Waals surface area contributed by atoms with Crippen LogP contribution in [-0.2, 0) is 4.84 Å². The normalized spacial score (nSPS) is 16.1. The van der Waals surface area contributed by atoms with E-state index in [1.54, 1.807) is 6.21 Å². The summed E-state index contributed by atoms with van der Waals surface area (Å²) in [5.41, 5.74) is 2.40. The fraction of sp³-hybridized carbons (Fsp3) is 0.308. The van der Waals surface area contributed by atoms with E-state index in [9.17, 15) is 0 Å². The molecule has 0 saturated carbocycles. The summed E-state index contributed by atoms with van der Waals surface area (Å²) in [5.74, 6) is 0. The maximum Gasteiger partial charge on any atom is 0.139 e. The zero-order valence-corrected chi connectivity index (χ0v) is 10.6. The molecule has 1 aliphatic rings. The van der Waals surface area contributed by atoms with Crippen LogP contribution in [0.15, 0.2) is 45.5 Å². The molecule has 0 heterocycles. The van der Waals surface area contributed by atoms with Gasteiger partial charge in [-0.05, 0) is 34.9 Å². The van der Waals surface area contributed by atoms with E-state index >= 15 is 0 Å². The van der Waals surface area contributed by atoms with E-state index in [-0.39, 0.29) is 0 Å². The first-order chi connectivity index (χ1) is 7.86. The van der Waals surface area contributed by atoms with E-state index < -0.39 is 0 Å². The first kappa shape index (κ1) is 11.4. The molecule has 0 atom stereocenters. The van der Waals surface area contributed by atoms with Crippen molar-refractivity contribution in [1.29, 1.82) is 0 Å². The summed E-state index contributed by atoms with van der Waals surface area (Å²) in [6.07, 6.45) is 5.23. The number of hydrogen-bond donors (Lipinski definition) is 0. The Morgan fingerprint density at radius 1 is 1.25 bits per heavy atom. The van der Waals surface area contributed by atoms with Crippen molar-refractivity contribution in [3.8, 4) is 0 Å². The molecule has 1 aromatic rings. The summed E-state index contributed by atoms with van der Waals surface area (Å²) in [4.78, 5) is 5.27. The predicted molar refractivity (Wildman–Crippen MR) is 69.8 cm³/mol. The minimum atomic E-state index is 0.601. The summed E-state index contributed by atoms with van der Waals surface area (Å²) in [7, 11) is 0. The molecule has 2 rings (SSSR count). The molecule has 0 fully saturated rings. The lowest BCUT2D eigenvalue weighted by Gasteiger charge is -2.00. The molecule has 0 radical (unpaired) electrons. The van der Waals surface area contributed by atoms with Gasteiger partial charge in [0.25, 0.3) is 0 Å². The van der Waals surface area contributed by atoms with Crippen LogP contribution in [0.2, 0.25) is 0 Å². The molecule has 0 N–H and O–H groups in total. The van der Waals surface area contributed by atoms with Gasteiger partial charge in [-0.1, -0.05) is 51.4 Å². The van der Waals surface area contributed by atoms with Crippen molar-refractivity contribution in [3.05, 3.63) is 46.0 Å². The molecule has 0 saturated heterocycles. The zero-order valence-electron chi connectivity index (χ0n) is 9.03. The second kappa shape index (κ2) is 5.85. The monoisotopic (exact) mass is 279 g/mol. The van der Waals surface area contributed by atoms with E-state index in [2.05, 4.69) is 21.1 Å². The Morgan fingerprint density at radius 3 is 2.75 bits per heavy atom. The summed E-state index contributed by atoms with van der Waals surface area (Å²) in [6, 6.07) is 9.95. The van der Waals surface area contributed by atoms with Gasteiger partial charge in [0.05, 0.1) is 6.21 Å². The lowest BCUT2D eigenvalue weighted by Crippen LogP contribution is -1.92. The molecule has 0 aromatic heterocycles. The average molecular weight is 280 g/mol. The smallest absolute Gasteiger partial charge is 0.139 e. The second-order valence-electron chi connectivity index (χ2n) is 3.78. The third-order valence-electron chi connectivity index (χ3n) is 2.57. The standard InChI is InChI=1S/C13H14BrNO/c14-13-8-4-7-12(13)10-16-15-9-11-5-2-1-3-6-11/h1-3,5-6,9H,4,7-8,10H2/b15-9+. The van der Waals surface area contributed by atoms with Gasteiger partial charge in [-0.25, -0.2) is 0 Å². The van der Waals surface area contributed by atoms with Crippen molar-refractivity contribution in [1.82, 2.24) is 0 Å². The van der Waals surface area contributed by atoms with Crippen molar-refractivity contribution in [3.63, 3.8) is 0 Å². The Kier molecular flexibility index (Phi) is 4.17. The van der Waals surface area contributed by atoms with Gasteiger partial charge in [-0.3, -0.25) is 0 Å². The van der Waals surface area contributed by atoms with Crippen LogP contribution in [0, 0.1) is 0 Å². The Balaban J connectivity index is 1.80. The lowest BCUT2D eigenvalue weighted by molar-refractivity contribution is 0.168. The zero-order chi connectivity index (χ0) is 11.2. The van der Waals surface area contributed by atoms with Gasteiger partial charge in [0, 0.05) is 0 Å². The molecule has 0 bridgehead atoms. The average Bonchev–Trinajstić information content (AvgIpc) is 2.72. The fourth-order valence-corrected chi connectivity index (χ4v) is 2.27. The molecule has 2 nitrogen and oxygen atoms in total. The van der Waals surface area contributed by atoms with Crippen LogP contribution in [0.25, 0.3) is 0 Å². The van der Waals surface area contributed by atoms with Crippen LogP contribution in [0.5, 0.6) is 0 Å². The van der Waals surface area contributed by atoms with Gasteiger partial charge in [0.15, 0.2) is 0 Å². The summed E-state index contributed by atoms with van der Waals surface area (Å²) < 4.78 is 1.29. The van der Waals surface area contributed by atoms with Crippen molar-refractivity contribution in [2.24, 2.45) is 5.16 Å². The number of allylic oxidation sites excluding steroid dienone is 1. The van der Waals surface area contributed by atoms with Crippen molar-refractivity contribution >= 4 is 22.1 Å². The number of rotatable bonds is 4. The third kappa shape index (κ3) is 3.20. The highest BCUT2D eigenvalue weighted by molar-refractivity contribution is 9.11. The van der Waals surface area contributed by atoms with Crippen molar-refractivity contribution in [2.75, 3.05) is 6.61 Å². The van der Waals surface area contributed by atoms with Crippen molar-refractivity contribution in [2.45, 2.75) is 19.3 Å². The summed E-state index contributed by atoms with van der Waals surface area (Å²) >= 11 is 3.55. The summed E-state index contributed by atoms with van der Waals surface area (Å²) in [5, 5.41) is 3.96. The number of benzene rings is 1. The molecule has 3 heteroatoms. The van der Waals surface area contributed by atoms with E-state index in [0.29, 0.717) is 6.61 Å². The molecule has 0 spiro atoms. The van der Waals surface area contributed by atoms with Gasteiger partial charge in [0.2, 0.25) is 0 Å². The maximum absolute atomic E-state index is 5.27. The minimum Gasteiger partial charge on any atom is -0.391 e. The topological polar surface area (TPSA) is 21.6 Å². The quantitative estimate of drug-likeness (QED) is 0.606. The van der Waals surface area contributed by atoms with Crippen LogP contribution in [0.1, 0.15) is 24.8 Å². The SMILES string of the molecule is BrC1=C(CO/N=C/c2ccccc2)CCC1. The molecule has 1 aromatic carbocycles. The van der Waals surface area contributed by atoms with Gasteiger partial charge >= 0.3 is 0 Å². The van der Waals surface area contributed by atoms with E-state index in [1.807, 2.05) is 30.3 Å². The molecule has 0 unspecified atom stereocenters. The Labute approximate surface area is 104 Å².